The molecule has 90 valence electrons. The van der Waals surface area contributed by atoms with E-state index >= 15 is 0 Å². The maximum absolute atomic E-state index is 11.3. The van der Waals surface area contributed by atoms with Gasteiger partial charge in [-0.3, -0.25) is 4.79 Å². The number of hydrogen-bond donors (Lipinski definition) is 1. The Morgan fingerprint density at radius 1 is 1.39 bits per heavy atom. The first-order valence-corrected chi connectivity index (χ1v) is 6.33. The van der Waals surface area contributed by atoms with Gasteiger partial charge in [0.1, 0.15) is 0 Å². The fraction of sp³-hybridized carbons (Fsp3) is 0.154. The lowest BCUT2D eigenvalue weighted by Gasteiger charge is -2.02. The molecule has 1 N–H and O–H groups in total. The minimum Gasteiger partial charge on any atom is -0.301 e. The molecular formula is C13H11N3OS. The fourth-order valence-electron chi connectivity index (χ4n) is 1.44. The Morgan fingerprint density at radius 3 is 2.72 bits per heavy atom. The van der Waals surface area contributed by atoms with Crippen LogP contribution in [-0.2, 0) is 5.75 Å². The number of H-pyrrole nitrogens is 1. The standard InChI is InChI=1S/C13H11N3OS/c1-9-7-12(17)16-13(15-9)18-8-10-3-5-11(14-2)6-4-10/h3-7H,8H2,1H3,(H,15,16,17). The van der Waals surface area contributed by atoms with Crippen LogP contribution in [0, 0.1) is 13.5 Å². The molecule has 5 heteroatoms. The molecule has 1 aromatic heterocycles. The van der Waals surface area contributed by atoms with Gasteiger partial charge in [-0.15, -0.1) is 0 Å². The molecule has 2 aromatic rings. The third kappa shape index (κ3) is 3.22. The highest BCUT2D eigenvalue weighted by Gasteiger charge is 2.00. The van der Waals surface area contributed by atoms with Gasteiger partial charge < -0.3 is 4.98 Å². The molecular weight excluding hydrogens is 246 g/mol. The molecule has 0 saturated heterocycles. The second-order valence-corrected chi connectivity index (χ2v) is 4.72. The maximum Gasteiger partial charge on any atom is 0.251 e. The number of aromatic amines is 1. The van der Waals surface area contributed by atoms with E-state index in [1.54, 1.807) is 19.1 Å². The van der Waals surface area contributed by atoms with Gasteiger partial charge >= 0.3 is 0 Å². The number of hydrogen-bond acceptors (Lipinski definition) is 3. The van der Waals surface area contributed by atoms with Gasteiger partial charge in [-0.05, 0) is 12.5 Å². The van der Waals surface area contributed by atoms with Crippen molar-refractivity contribution in [1.29, 1.82) is 0 Å². The minimum atomic E-state index is -0.131. The molecule has 0 unspecified atom stereocenters. The number of nitrogens with zero attached hydrogens (tertiary/aromatic N) is 2. The van der Waals surface area contributed by atoms with Crippen LogP contribution in [0.3, 0.4) is 0 Å². The number of benzene rings is 1. The first-order valence-electron chi connectivity index (χ1n) is 5.34. The molecule has 0 aliphatic heterocycles. The highest BCUT2D eigenvalue weighted by atomic mass is 32.2. The highest BCUT2D eigenvalue weighted by Crippen LogP contribution is 2.20. The second-order valence-electron chi connectivity index (χ2n) is 3.76. The van der Waals surface area contributed by atoms with Crippen molar-refractivity contribution in [2.45, 2.75) is 17.8 Å². The van der Waals surface area contributed by atoms with Crippen LogP contribution in [0.1, 0.15) is 11.3 Å². The maximum atomic E-state index is 11.3. The largest absolute Gasteiger partial charge is 0.301 e. The van der Waals surface area contributed by atoms with E-state index in [-0.39, 0.29) is 5.56 Å². The van der Waals surface area contributed by atoms with Crippen LogP contribution in [0.25, 0.3) is 4.85 Å². The molecule has 0 fully saturated rings. The van der Waals surface area contributed by atoms with Gasteiger partial charge in [0.2, 0.25) is 0 Å². The summed E-state index contributed by atoms with van der Waals surface area (Å²) >= 11 is 1.47. The molecule has 0 atom stereocenters. The Hall–Kier alpha value is -2.06. The van der Waals surface area contributed by atoms with E-state index in [9.17, 15) is 4.79 Å². The van der Waals surface area contributed by atoms with Crippen LogP contribution in [0.5, 0.6) is 0 Å². The normalized spacial score (nSPS) is 10.0. The van der Waals surface area contributed by atoms with E-state index < -0.39 is 0 Å². The predicted molar refractivity (Wildman–Crippen MR) is 71.9 cm³/mol. The Bertz CT molecular complexity index is 641. The van der Waals surface area contributed by atoms with E-state index in [1.807, 2.05) is 12.1 Å². The van der Waals surface area contributed by atoms with Gasteiger partial charge in [0.25, 0.3) is 5.56 Å². The highest BCUT2D eigenvalue weighted by molar-refractivity contribution is 7.98. The topological polar surface area (TPSA) is 50.1 Å². The van der Waals surface area contributed by atoms with E-state index in [4.69, 9.17) is 6.57 Å². The molecule has 1 aromatic carbocycles. The van der Waals surface area contributed by atoms with Crippen molar-refractivity contribution in [2.75, 3.05) is 0 Å². The van der Waals surface area contributed by atoms with Gasteiger partial charge in [-0.2, -0.15) is 0 Å². The number of aryl methyl sites for hydroxylation is 1. The molecule has 0 radical (unpaired) electrons. The lowest BCUT2D eigenvalue weighted by molar-refractivity contribution is 0.905. The van der Waals surface area contributed by atoms with E-state index in [2.05, 4.69) is 14.8 Å². The van der Waals surface area contributed by atoms with Crippen molar-refractivity contribution in [3.63, 3.8) is 0 Å². The predicted octanol–water partition coefficient (Wildman–Crippen LogP) is 2.92. The number of rotatable bonds is 3. The average molecular weight is 257 g/mol. The fourth-order valence-corrected chi connectivity index (χ4v) is 2.32. The van der Waals surface area contributed by atoms with Crippen molar-refractivity contribution in [2.24, 2.45) is 0 Å². The van der Waals surface area contributed by atoms with Crippen LogP contribution >= 0.6 is 11.8 Å². The molecule has 2 rings (SSSR count). The summed E-state index contributed by atoms with van der Waals surface area (Å²) in [7, 11) is 0. The second kappa shape index (κ2) is 5.52. The average Bonchev–Trinajstić information content (AvgIpc) is 2.36. The van der Waals surface area contributed by atoms with E-state index in [0.29, 0.717) is 22.3 Å². The Balaban J connectivity index is 2.06. The zero-order chi connectivity index (χ0) is 13.0. The quantitative estimate of drug-likeness (QED) is 0.522. The van der Waals surface area contributed by atoms with Crippen LogP contribution in [0.2, 0.25) is 0 Å². The minimum absolute atomic E-state index is 0.131. The summed E-state index contributed by atoms with van der Waals surface area (Å²) in [5, 5.41) is 0.620. The van der Waals surface area contributed by atoms with Crippen LogP contribution in [0.15, 0.2) is 40.3 Å². The van der Waals surface area contributed by atoms with Crippen LogP contribution in [0.4, 0.5) is 5.69 Å². The van der Waals surface area contributed by atoms with Crippen molar-refractivity contribution < 1.29 is 0 Å². The smallest absolute Gasteiger partial charge is 0.251 e. The zero-order valence-electron chi connectivity index (χ0n) is 9.80. The molecule has 0 amide bonds. The SMILES string of the molecule is [C-]#[N+]c1ccc(CSc2nc(C)cc(=O)[nH]2)cc1. The molecule has 18 heavy (non-hydrogen) atoms. The summed E-state index contributed by atoms with van der Waals surface area (Å²) in [5.74, 6) is 0.713. The van der Waals surface area contributed by atoms with Gasteiger partial charge in [0.15, 0.2) is 10.8 Å². The van der Waals surface area contributed by atoms with Gasteiger partial charge in [0, 0.05) is 17.5 Å². The lowest BCUT2D eigenvalue weighted by Crippen LogP contribution is -2.07. The number of nitrogens with one attached hydrogen (secondary N) is 1. The summed E-state index contributed by atoms with van der Waals surface area (Å²) in [4.78, 5) is 21.5. The molecule has 0 bridgehead atoms. The van der Waals surface area contributed by atoms with Crippen molar-refractivity contribution in [1.82, 2.24) is 9.97 Å². The third-order valence-electron chi connectivity index (χ3n) is 2.29. The van der Waals surface area contributed by atoms with Gasteiger partial charge in [0.05, 0.1) is 6.57 Å². The first kappa shape index (κ1) is 12.4. The Morgan fingerprint density at radius 2 is 2.11 bits per heavy atom. The summed E-state index contributed by atoms with van der Waals surface area (Å²) in [6.45, 7) is 8.66. The number of aromatic nitrogens is 2. The van der Waals surface area contributed by atoms with Crippen molar-refractivity contribution in [3.8, 4) is 0 Å². The third-order valence-corrected chi connectivity index (χ3v) is 3.23. The Kier molecular flexibility index (Phi) is 3.80. The van der Waals surface area contributed by atoms with Crippen LogP contribution in [-0.4, -0.2) is 9.97 Å². The van der Waals surface area contributed by atoms with Crippen LogP contribution < -0.4 is 5.56 Å². The molecule has 0 saturated carbocycles. The summed E-state index contributed by atoms with van der Waals surface area (Å²) in [6, 6.07) is 8.86. The molecule has 0 spiro atoms. The molecule has 1 heterocycles. The van der Waals surface area contributed by atoms with Gasteiger partial charge in [-0.25, -0.2) is 9.83 Å². The number of thioether (sulfide) groups is 1. The molecule has 0 aliphatic rings. The molecule has 4 nitrogen and oxygen atoms in total. The summed E-state index contributed by atoms with van der Waals surface area (Å²) in [5.41, 5.74) is 2.31. The van der Waals surface area contributed by atoms with E-state index in [1.165, 1.54) is 17.8 Å². The zero-order valence-corrected chi connectivity index (χ0v) is 10.6. The summed E-state index contributed by atoms with van der Waals surface area (Å²) in [6.07, 6.45) is 0. The van der Waals surface area contributed by atoms with Gasteiger partial charge in [-0.1, -0.05) is 36.0 Å². The van der Waals surface area contributed by atoms with E-state index in [0.717, 1.165) is 5.56 Å². The lowest BCUT2D eigenvalue weighted by atomic mass is 10.2. The monoisotopic (exact) mass is 257 g/mol. The first-order chi connectivity index (χ1) is 8.67. The molecule has 0 aliphatic carbocycles. The van der Waals surface area contributed by atoms with Crippen molar-refractivity contribution in [3.05, 3.63) is 63.4 Å². The van der Waals surface area contributed by atoms with Crippen molar-refractivity contribution >= 4 is 17.4 Å². The Labute approximate surface area is 109 Å². The summed E-state index contributed by atoms with van der Waals surface area (Å²) < 4.78 is 0.